The third kappa shape index (κ3) is 4.47. The Labute approximate surface area is 204 Å². The first-order chi connectivity index (χ1) is 16.0. The van der Waals surface area contributed by atoms with Crippen molar-refractivity contribution >= 4 is 67.9 Å². The quantitative estimate of drug-likeness (QED) is 0.321. The van der Waals surface area contributed by atoms with Crippen LogP contribution in [0.2, 0.25) is 10.0 Å². The molecular weight excluding hydrogens is 475 g/mol. The van der Waals surface area contributed by atoms with Gasteiger partial charge < -0.3 is 9.62 Å². The van der Waals surface area contributed by atoms with Gasteiger partial charge in [-0.15, -0.1) is 10.7 Å². The van der Waals surface area contributed by atoms with E-state index >= 15 is 0 Å². The van der Waals surface area contributed by atoms with Crippen molar-refractivity contribution in [3.05, 3.63) is 82.6 Å². The van der Waals surface area contributed by atoms with E-state index < -0.39 is 0 Å². The number of aromatic nitrogens is 2. The monoisotopic (exact) mass is 494 g/mol. The van der Waals surface area contributed by atoms with Gasteiger partial charge in [0.2, 0.25) is 0 Å². The molecule has 4 aromatic rings. The van der Waals surface area contributed by atoms with Gasteiger partial charge >= 0.3 is 0 Å². The van der Waals surface area contributed by atoms with E-state index in [0.29, 0.717) is 27.0 Å². The molecule has 1 saturated heterocycles. The van der Waals surface area contributed by atoms with E-state index in [9.17, 15) is 4.79 Å². The maximum atomic E-state index is 13.0. The van der Waals surface area contributed by atoms with E-state index in [1.54, 1.807) is 30.6 Å². The lowest BCUT2D eigenvalue weighted by Gasteiger charge is -2.20. The highest BCUT2D eigenvalue weighted by atomic mass is 35.5. The lowest BCUT2D eigenvalue weighted by molar-refractivity contribution is 0.102. The molecule has 166 valence electrons. The van der Waals surface area contributed by atoms with Gasteiger partial charge in [0, 0.05) is 47.0 Å². The van der Waals surface area contributed by atoms with E-state index in [1.807, 2.05) is 36.4 Å². The molecule has 1 unspecified atom stereocenters. The molecule has 1 atom stereocenters. The first-order valence-electron chi connectivity index (χ1n) is 10.4. The van der Waals surface area contributed by atoms with Crippen LogP contribution in [-0.4, -0.2) is 34.0 Å². The van der Waals surface area contributed by atoms with Crippen molar-refractivity contribution < 1.29 is 4.79 Å². The van der Waals surface area contributed by atoms with Crippen LogP contribution < -0.4 is 9.62 Å². The van der Waals surface area contributed by atoms with Crippen molar-refractivity contribution in [2.45, 2.75) is 6.42 Å². The Balaban J connectivity index is 1.40. The number of fused-ring (bicyclic) bond motifs is 1. The minimum absolute atomic E-state index is 0.0487. The predicted octanol–water partition coefficient (Wildman–Crippen LogP) is 6.68. The van der Waals surface area contributed by atoms with Crippen molar-refractivity contribution in [1.29, 1.82) is 0 Å². The van der Waals surface area contributed by atoms with Crippen LogP contribution in [0.5, 0.6) is 0 Å². The number of anilines is 2. The number of halogens is 2. The minimum Gasteiger partial charge on any atom is -0.322 e. The standard InChI is InChI=1S/C25H20Cl2N4OS/c1-33-12-2-11-31(33)18-5-6-19(22(27)14-18)25(32)29-17-4-7-21(26)20(13-17)24-8-3-16-15-28-10-9-23(16)30-24/h3-10,13-15H,1-2,11-12H2,(H,29,32). The number of hydrogen-bond acceptors (Lipinski definition) is 4. The molecule has 0 radical (unpaired) electrons. The smallest absolute Gasteiger partial charge is 0.257 e. The number of nitrogens with one attached hydrogen (secondary N) is 1. The van der Waals surface area contributed by atoms with Crippen molar-refractivity contribution in [2.75, 3.05) is 21.9 Å². The van der Waals surface area contributed by atoms with E-state index in [0.717, 1.165) is 40.9 Å². The molecule has 2 aromatic heterocycles. The summed E-state index contributed by atoms with van der Waals surface area (Å²) >= 11 is 12.9. The molecule has 1 N–H and O–H groups in total. The zero-order valence-corrected chi connectivity index (χ0v) is 19.9. The molecule has 1 aliphatic heterocycles. The van der Waals surface area contributed by atoms with Gasteiger partial charge in [-0.05, 0) is 61.0 Å². The summed E-state index contributed by atoms with van der Waals surface area (Å²) in [6.07, 6.45) is 4.59. The van der Waals surface area contributed by atoms with Crippen molar-refractivity contribution in [2.24, 2.45) is 0 Å². The average Bonchev–Trinajstić information content (AvgIpc) is 3.25. The summed E-state index contributed by atoms with van der Waals surface area (Å²) in [5.74, 6) is 5.01. The maximum absolute atomic E-state index is 13.0. The molecule has 0 spiro atoms. The zero-order valence-electron chi connectivity index (χ0n) is 17.6. The Morgan fingerprint density at radius 3 is 2.73 bits per heavy atom. The van der Waals surface area contributed by atoms with Crippen LogP contribution in [0.1, 0.15) is 16.8 Å². The lowest BCUT2D eigenvalue weighted by Crippen LogP contribution is -2.14. The Morgan fingerprint density at radius 2 is 1.94 bits per heavy atom. The van der Waals surface area contributed by atoms with Gasteiger partial charge in [0.1, 0.15) is 0 Å². The third-order valence-electron chi connectivity index (χ3n) is 5.53. The topological polar surface area (TPSA) is 58.1 Å². The van der Waals surface area contributed by atoms with Crippen LogP contribution in [0, 0.1) is 0 Å². The Bertz CT molecular complexity index is 1410. The van der Waals surface area contributed by atoms with Crippen molar-refractivity contribution in [1.82, 2.24) is 9.97 Å². The second kappa shape index (κ2) is 9.14. The van der Waals surface area contributed by atoms with Gasteiger partial charge in [-0.25, -0.2) is 4.98 Å². The molecule has 0 bridgehead atoms. The van der Waals surface area contributed by atoms with E-state index in [2.05, 4.69) is 25.5 Å². The summed E-state index contributed by atoms with van der Waals surface area (Å²) in [5, 5.41) is 4.83. The fourth-order valence-corrected chi connectivity index (χ4v) is 5.81. The molecule has 33 heavy (non-hydrogen) atoms. The first-order valence-corrected chi connectivity index (χ1v) is 12.7. The maximum Gasteiger partial charge on any atom is 0.257 e. The van der Waals surface area contributed by atoms with E-state index in [1.165, 1.54) is 0 Å². The molecule has 0 aliphatic carbocycles. The van der Waals surface area contributed by atoms with Gasteiger partial charge in [-0.1, -0.05) is 29.1 Å². The minimum atomic E-state index is -0.285. The molecular formula is C25H20Cl2N4OS. The highest BCUT2D eigenvalue weighted by Gasteiger charge is 2.19. The molecule has 3 heterocycles. The molecule has 1 aliphatic rings. The van der Waals surface area contributed by atoms with Gasteiger partial charge in [0.15, 0.2) is 0 Å². The van der Waals surface area contributed by atoms with Crippen molar-refractivity contribution in [3.8, 4) is 11.3 Å². The van der Waals surface area contributed by atoms with Gasteiger partial charge in [0.25, 0.3) is 5.91 Å². The first kappa shape index (κ1) is 21.9. The number of carbonyl (C=O) groups excluding carboxylic acids is 1. The number of nitrogens with zero attached hydrogens (tertiary/aromatic N) is 3. The van der Waals surface area contributed by atoms with Crippen molar-refractivity contribution in [3.63, 3.8) is 0 Å². The number of benzene rings is 2. The molecule has 5 nitrogen and oxygen atoms in total. The summed E-state index contributed by atoms with van der Waals surface area (Å²) in [4.78, 5) is 21.8. The average molecular weight is 495 g/mol. The zero-order chi connectivity index (χ0) is 22.9. The molecule has 0 saturated carbocycles. The van der Waals surface area contributed by atoms with Crippen LogP contribution in [0.15, 0.2) is 67.0 Å². The second-order valence-corrected chi connectivity index (χ2v) is 10.3. The van der Waals surface area contributed by atoms with E-state index in [-0.39, 0.29) is 16.6 Å². The van der Waals surface area contributed by atoms with Crippen LogP contribution in [0.4, 0.5) is 11.4 Å². The number of carbonyl (C=O) groups is 1. The summed E-state index contributed by atoms with van der Waals surface area (Å²) < 4.78 is 2.24. The Morgan fingerprint density at radius 1 is 1.06 bits per heavy atom. The number of amides is 1. The highest BCUT2D eigenvalue weighted by Crippen LogP contribution is 2.35. The van der Waals surface area contributed by atoms with Crippen LogP contribution in [-0.2, 0) is 0 Å². The molecule has 8 heteroatoms. The molecule has 5 rings (SSSR count). The van der Waals surface area contributed by atoms with Gasteiger partial charge in [-0.2, -0.15) is 0 Å². The number of pyridine rings is 2. The molecule has 1 amide bonds. The fraction of sp³-hybridized carbons (Fsp3) is 0.120. The number of hydrogen-bond donors (Lipinski definition) is 1. The second-order valence-electron chi connectivity index (χ2n) is 7.70. The normalized spacial score (nSPS) is 15.7. The van der Waals surface area contributed by atoms with Crippen LogP contribution >= 0.6 is 33.9 Å². The largest absolute Gasteiger partial charge is 0.322 e. The SMILES string of the molecule is C=S1CCCN1c1ccc(C(=O)Nc2ccc(Cl)c(-c3ccc4cnccc4n3)c2)c(Cl)c1. The van der Waals surface area contributed by atoms with E-state index in [4.69, 9.17) is 23.2 Å². The van der Waals surface area contributed by atoms with Gasteiger partial charge in [-0.3, -0.25) is 9.78 Å². The number of rotatable bonds is 4. The Kier molecular flexibility index (Phi) is 6.06. The lowest BCUT2D eigenvalue weighted by atomic mass is 10.1. The summed E-state index contributed by atoms with van der Waals surface area (Å²) in [7, 11) is -0.0487. The van der Waals surface area contributed by atoms with Crippen LogP contribution in [0.3, 0.4) is 0 Å². The fourth-order valence-electron chi connectivity index (χ4n) is 3.85. The summed E-state index contributed by atoms with van der Waals surface area (Å²) in [5.41, 5.74) is 4.28. The summed E-state index contributed by atoms with van der Waals surface area (Å²) in [6, 6.07) is 16.5. The molecule has 1 fully saturated rings. The third-order valence-corrected chi connectivity index (χ3v) is 7.95. The molecule has 2 aromatic carbocycles. The summed E-state index contributed by atoms with van der Waals surface area (Å²) in [6.45, 7) is 0.960. The highest BCUT2D eigenvalue weighted by molar-refractivity contribution is 8.15. The van der Waals surface area contributed by atoms with Gasteiger partial charge in [0.05, 0.1) is 26.8 Å². The Hall–Kier alpha value is -2.93. The van der Waals surface area contributed by atoms with Crippen LogP contribution in [0.25, 0.3) is 22.2 Å². The predicted molar refractivity (Wildman–Crippen MR) is 141 cm³/mol.